The number of hydrogen-bond acceptors (Lipinski definition) is 4. The second-order valence-electron chi connectivity index (χ2n) is 5.51. The highest BCUT2D eigenvalue weighted by atomic mass is 79.9. The molecule has 0 fully saturated rings. The van der Waals surface area contributed by atoms with Crippen LogP contribution < -0.4 is 0 Å². The Morgan fingerprint density at radius 1 is 1.15 bits per heavy atom. The van der Waals surface area contributed by atoms with Gasteiger partial charge in [0.1, 0.15) is 11.5 Å². The van der Waals surface area contributed by atoms with Crippen LogP contribution in [0.15, 0.2) is 67.7 Å². The number of benzene rings is 1. The lowest BCUT2D eigenvalue weighted by Gasteiger charge is -2.17. The number of halogens is 1. The molecule has 0 saturated heterocycles. The van der Waals surface area contributed by atoms with Gasteiger partial charge in [-0.15, -0.1) is 11.3 Å². The fourth-order valence-electron chi connectivity index (χ4n) is 2.27. The van der Waals surface area contributed by atoms with Crippen LogP contribution >= 0.6 is 27.3 Å². The van der Waals surface area contributed by atoms with Gasteiger partial charge in [0.15, 0.2) is 0 Å². The lowest BCUT2D eigenvalue weighted by Crippen LogP contribution is -2.28. The molecule has 0 saturated carbocycles. The molecule has 0 radical (unpaired) electrons. The predicted octanol–water partition coefficient (Wildman–Crippen LogP) is 4.65. The molecule has 134 valence electrons. The summed E-state index contributed by atoms with van der Waals surface area (Å²) in [5.74, 6) is 4.46. The molecule has 26 heavy (non-hydrogen) atoms. The fraction of sp³-hybridized carbons (Fsp3) is 0.158. The Morgan fingerprint density at radius 2 is 1.92 bits per heavy atom. The van der Waals surface area contributed by atoms with Gasteiger partial charge in [0.2, 0.25) is 0 Å². The van der Waals surface area contributed by atoms with Crippen molar-refractivity contribution in [1.82, 2.24) is 4.31 Å². The summed E-state index contributed by atoms with van der Waals surface area (Å²) in [5.41, 5.74) is 0. The van der Waals surface area contributed by atoms with Gasteiger partial charge in [-0.25, -0.2) is 12.7 Å². The monoisotopic (exact) mass is 449 g/mol. The van der Waals surface area contributed by atoms with Crippen LogP contribution in [0.1, 0.15) is 16.4 Å². The number of nitrogens with zero attached hydrogens (tertiary/aromatic N) is 1. The molecule has 0 bridgehead atoms. The number of rotatable bonds is 5. The molecule has 0 spiro atoms. The average molecular weight is 450 g/mol. The standard InChI is InChI=1S/C19H16BrNO3S2/c1-15-4-7-17(24-15)10-12-21(13-11-18-3-2-14-25-18)26(22,23)19-8-5-16(20)6-9-19/h2-9,14H,10,12H2,1H3. The second-order valence-corrected chi connectivity index (χ2v) is 9.23. The lowest BCUT2D eigenvalue weighted by molar-refractivity contribution is 0.454. The highest BCUT2D eigenvalue weighted by Crippen LogP contribution is 2.19. The van der Waals surface area contributed by atoms with Crippen LogP contribution in [-0.2, 0) is 16.4 Å². The van der Waals surface area contributed by atoms with E-state index in [0.717, 1.165) is 20.9 Å². The third kappa shape index (κ3) is 4.58. The smallest absolute Gasteiger partial charge is 0.270 e. The van der Waals surface area contributed by atoms with Crippen molar-refractivity contribution in [2.45, 2.75) is 18.2 Å². The molecule has 0 aliphatic heterocycles. The summed E-state index contributed by atoms with van der Waals surface area (Å²) >= 11 is 4.79. The van der Waals surface area contributed by atoms with Crippen LogP contribution in [-0.4, -0.2) is 19.3 Å². The molecule has 3 rings (SSSR count). The van der Waals surface area contributed by atoms with Gasteiger partial charge in [0, 0.05) is 16.9 Å². The van der Waals surface area contributed by atoms with Gasteiger partial charge in [0.25, 0.3) is 10.0 Å². The summed E-state index contributed by atoms with van der Waals surface area (Å²) in [7, 11) is -3.73. The zero-order valence-corrected chi connectivity index (χ0v) is 17.2. The van der Waals surface area contributed by atoms with Gasteiger partial charge in [0.05, 0.1) is 16.3 Å². The van der Waals surface area contributed by atoms with E-state index in [1.54, 1.807) is 24.3 Å². The molecule has 0 aliphatic rings. The summed E-state index contributed by atoms with van der Waals surface area (Å²) < 4.78 is 33.6. The van der Waals surface area contributed by atoms with Gasteiger partial charge >= 0.3 is 0 Å². The number of hydrogen-bond donors (Lipinski definition) is 0. The minimum absolute atomic E-state index is 0.205. The molecule has 0 atom stereocenters. The third-order valence-electron chi connectivity index (χ3n) is 3.58. The van der Waals surface area contributed by atoms with Crippen LogP contribution in [0.3, 0.4) is 0 Å². The van der Waals surface area contributed by atoms with E-state index >= 15 is 0 Å². The van der Waals surface area contributed by atoms with E-state index < -0.39 is 10.0 Å². The van der Waals surface area contributed by atoms with E-state index in [1.165, 1.54) is 15.6 Å². The normalized spacial score (nSPS) is 11.0. The van der Waals surface area contributed by atoms with Crippen LogP contribution in [0.4, 0.5) is 0 Å². The van der Waals surface area contributed by atoms with Gasteiger partial charge in [-0.3, -0.25) is 0 Å². The van der Waals surface area contributed by atoms with Crippen molar-refractivity contribution in [2.24, 2.45) is 0 Å². The van der Waals surface area contributed by atoms with Crippen molar-refractivity contribution in [1.29, 1.82) is 0 Å². The minimum Gasteiger partial charge on any atom is -0.466 e. The van der Waals surface area contributed by atoms with Crippen LogP contribution in [0.2, 0.25) is 0 Å². The van der Waals surface area contributed by atoms with Gasteiger partial charge in [-0.1, -0.05) is 22.0 Å². The van der Waals surface area contributed by atoms with Crippen molar-refractivity contribution in [3.05, 3.63) is 74.8 Å². The van der Waals surface area contributed by atoms with E-state index in [4.69, 9.17) is 4.42 Å². The summed E-state index contributed by atoms with van der Waals surface area (Å²) in [6.07, 6.45) is 0.447. The topological polar surface area (TPSA) is 50.5 Å². The summed E-state index contributed by atoms with van der Waals surface area (Å²) in [6, 6.07) is 16.8. The van der Waals surface area contributed by atoms with Gasteiger partial charge in [-0.2, -0.15) is 0 Å². The highest BCUT2D eigenvalue weighted by Gasteiger charge is 2.22. The Labute approximate surface area is 165 Å². The molecule has 2 aromatic heterocycles. The third-order valence-corrected chi connectivity index (χ3v) is 6.62. The van der Waals surface area contributed by atoms with Gasteiger partial charge in [-0.05, 0) is 60.7 Å². The zero-order chi connectivity index (χ0) is 18.6. The first-order valence-electron chi connectivity index (χ1n) is 7.84. The first kappa shape index (κ1) is 18.8. The SMILES string of the molecule is Cc1ccc(CCN(C#Cc2cccs2)S(=O)(=O)c2ccc(Br)cc2)o1. The minimum atomic E-state index is -3.73. The molecule has 0 N–H and O–H groups in total. The number of thiophene rings is 1. The second kappa shape index (κ2) is 8.12. The molecule has 7 heteroatoms. The maximum Gasteiger partial charge on any atom is 0.270 e. The first-order valence-corrected chi connectivity index (χ1v) is 11.0. The van der Waals surface area contributed by atoms with Crippen molar-refractivity contribution >= 4 is 37.3 Å². The van der Waals surface area contributed by atoms with Crippen molar-refractivity contribution < 1.29 is 12.8 Å². The molecule has 4 nitrogen and oxygen atoms in total. The summed E-state index contributed by atoms with van der Waals surface area (Å²) in [4.78, 5) is 1.02. The molecule has 2 heterocycles. The Bertz CT molecular complexity index is 1030. The summed E-state index contributed by atoms with van der Waals surface area (Å²) in [5, 5.41) is 1.91. The molecule has 0 amide bonds. The average Bonchev–Trinajstić information content (AvgIpc) is 3.26. The van der Waals surface area contributed by atoms with Crippen molar-refractivity contribution in [2.75, 3.05) is 6.54 Å². The predicted molar refractivity (Wildman–Crippen MR) is 106 cm³/mol. The maximum absolute atomic E-state index is 13.0. The number of furan rings is 1. The van der Waals surface area contributed by atoms with Crippen molar-refractivity contribution in [3.63, 3.8) is 0 Å². The first-order chi connectivity index (χ1) is 12.4. The van der Waals surface area contributed by atoms with Gasteiger partial charge < -0.3 is 4.42 Å². The van der Waals surface area contributed by atoms with Crippen LogP contribution in [0.5, 0.6) is 0 Å². The largest absolute Gasteiger partial charge is 0.466 e. The maximum atomic E-state index is 13.0. The Kier molecular flexibility index (Phi) is 5.87. The van der Waals surface area contributed by atoms with Crippen molar-refractivity contribution in [3.8, 4) is 12.0 Å². The van der Waals surface area contributed by atoms with E-state index in [2.05, 4.69) is 27.9 Å². The molecule has 1 aromatic carbocycles. The van der Waals surface area contributed by atoms with E-state index in [0.29, 0.717) is 6.42 Å². The molecular weight excluding hydrogens is 434 g/mol. The Morgan fingerprint density at radius 3 is 2.54 bits per heavy atom. The molecular formula is C19H16BrNO3S2. The molecule has 0 unspecified atom stereocenters. The fourth-order valence-corrected chi connectivity index (χ4v) is 4.33. The van der Waals surface area contributed by atoms with Crippen LogP contribution in [0, 0.1) is 18.9 Å². The van der Waals surface area contributed by atoms with E-state index in [1.807, 2.05) is 36.6 Å². The highest BCUT2D eigenvalue weighted by molar-refractivity contribution is 9.10. The molecule has 3 aromatic rings. The lowest BCUT2D eigenvalue weighted by atomic mass is 10.3. The van der Waals surface area contributed by atoms with Crippen LogP contribution in [0.25, 0.3) is 0 Å². The number of sulfonamides is 1. The number of aryl methyl sites for hydroxylation is 1. The van der Waals surface area contributed by atoms with E-state index in [9.17, 15) is 8.42 Å². The molecule has 0 aliphatic carbocycles. The Balaban J connectivity index is 1.89. The quantitative estimate of drug-likeness (QED) is 0.420. The zero-order valence-electron chi connectivity index (χ0n) is 14.0. The Hall–Kier alpha value is -2.01. The summed E-state index contributed by atoms with van der Waals surface area (Å²) in [6.45, 7) is 2.07. The van der Waals surface area contributed by atoms with E-state index in [-0.39, 0.29) is 11.4 Å².